The topological polar surface area (TPSA) is 105 Å². The monoisotopic (exact) mass is 506 g/mol. The van der Waals surface area contributed by atoms with Crippen molar-refractivity contribution in [2.45, 2.75) is 13.8 Å². The van der Waals surface area contributed by atoms with E-state index in [1.807, 2.05) is 6.92 Å². The maximum atomic E-state index is 14.8. The maximum Gasteiger partial charge on any atom is 0.287 e. The summed E-state index contributed by atoms with van der Waals surface area (Å²) in [6, 6.07) is 11.9. The number of thiophene rings is 1. The second-order valence-electron chi connectivity index (χ2n) is 8.26. The van der Waals surface area contributed by atoms with Crippen LogP contribution in [0.4, 0.5) is 26.0 Å². The van der Waals surface area contributed by atoms with E-state index in [4.69, 9.17) is 0 Å². The average Bonchev–Trinajstić information content (AvgIpc) is 3.40. The number of carbonyl (C=O) groups excluding carboxylic acids is 1. The van der Waals surface area contributed by atoms with Crippen molar-refractivity contribution >= 4 is 44.5 Å². The molecule has 182 valence electrons. The summed E-state index contributed by atoms with van der Waals surface area (Å²) in [5.74, 6) is -1.05. The molecule has 11 heteroatoms. The van der Waals surface area contributed by atoms with Gasteiger partial charge in [0.2, 0.25) is 0 Å². The number of benzene rings is 2. The molecule has 0 bridgehead atoms. The standard InChI is InChI=1S/C25H20F2N6O2S/c1-12-8-22(32-33(12)3)28-19-11-18(30-31-24(19)34)16-5-6-17(27)23(13(16)2)29-25(35)21-10-14-9-15(26)4-7-20(14)36-21/h4-11H,1-3H3,(H,29,35)(H,31,34)(H,28,30,32). The third-order valence-corrected chi connectivity index (χ3v) is 6.93. The fraction of sp³-hybridized carbons (Fsp3) is 0.120. The van der Waals surface area contributed by atoms with E-state index >= 15 is 0 Å². The minimum absolute atomic E-state index is 0.0102. The number of hydrogen-bond donors (Lipinski definition) is 3. The summed E-state index contributed by atoms with van der Waals surface area (Å²) < 4.78 is 30.7. The number of carbonyl (C=O) groups is 1. The Kier molecular flexibility index (Phi) is 5.84. The van der Waals surface area contributed by atoms with Crippen molar-refractivity contribution in [3.05, 3.63) is 86.7 Å². The minimum atomic E-state index is -0.622. The molecular weight excluding hydrogens is 486 g/mol. The lowest BCUT2D eigenvalue weighted by Crippen LogP contribution is -2.15. The molecule has 0 fully saturated rings. The molecular formula is C25H20F2N6O2S. The van der Waals surface area contributed by atoms with Crippen molar-refractivity contribution < 1.29 is 13.6 Å². The molecule has 36 heavy (non-hydrogen) atoms. The Hall–Kier alpha value is -4.38. The van der Waals surface area contributed by atoms with Crippen molar-refractivity contribution in [1.29, 1.82) is 0 Å². The Morgan fingerprint density at radius 2 is 1.89 bits per heavy atom. The summed E-state index contributed by atoms with van der Waals surface area (Å²) in [7, 11) is 1.79. The van der Waals surface area contributed by atoms with E-state index in [2.05, 4.69) is 25.9 Å². The van der Waals surface area contributed by atoms with Crippen molar-refractivity contribution in [3.63, 3.8) is 0 Å². The van der Waals surface area contributed by atoms with Gasteiger partial charge in [-0.15, -0.1) is 11.3 Å². The zero-order chi connectivity index (χ0) is 25.6. The van der Waals surface area contributed by atoms with E-state index in [0.717, 1.165) is 10.4 Å². The number of nitrogens with zero attached hydrogens (tertiary/aromatic N) is 3. The van der Waals surface area contributed by atoms with E-state index in [1.165, 1.54) is 41.7 Å². The summed E-state index contributed by atoms with van der Waals surface area (Å²) in [5.41, 5.74) is 1.97. The number of hydrogen-bond acceptors (Lipinski definition) is 6. The third kappa shape index (κ3) is 4.36. The molecule has 0 aliphatic rings. The van der Waals surface area contributed by atoms with Crippen LogP contribution < -0.4 is 16.2 Å². The highest BCUT2D eigenvalue weighted by atomic mass is 32.1. The fourth-order valence-electron chi connectivity index (χ4n) is 3.81. The van der Waals surface area contributed by atoms with Crippen LogP contribution in [-0.4, -0.2) is 25.9 Å². The van der Waals surface area contributed by atoms with Gasteiger partial charge < -0.3 is 10.6 Å². The van der Waals surface area contributed by atoms with Crippen LogP contribution >= 0.6 is 11.3 Å². The van der Waals surface area contributed by atoms with E-state index < -0.39 is 23.1 Å². The van der Waals surface area contributed by atoms with Gasteiger partial charge in [-0.2, -0.15) is 10.2 Å². The molecule has 3 N–H and O–H groups in total. The van der Waals surface area contributed by atoms with Crippen LogP contribution in [0.2, 0.25) is 0 Å². The Morgan fingerprint density at radius 3 is 2.64 bits per heavy atom. The molecule has 3 heterocycles. The first-order chi connectivity index (χ1) is 17.2. The van der Waals surface area contributed by atoms with E-state index in [-0.39, 0.29) is 11.4 Å². The normalized spacial score (nSPS) is 11.1. The lowest BCUT2D eigenvalue weighted by Gasteiger charge is -2.13. The highest BCUT2D eigenvalue weighted by molar-refractivity contribution is 7.20. The van der Waals surface area contributed by atoms with Gasteiger partial charge in [-0.25, -0.2) is 13.9 Å². The molecule has 1 amide bonds. The summed E-state index contributed by atoms with van der Waals surface area (Å²) in [5, 5.41) is 17.0. The number of aromatic amines is 1. The number of aromatic nitrogens is 4. The highest BCUT2D eigenvalue weighted by Crippen LogP contribution is 2.32. The molecule has 0 radical (unpaired) electrons. The van der Waals surface area contributed by atoms with Crippen LogP contribution in [0.25, 0.3) is 21.3 Å². The number of fused-ring (bicyclic) bond motifs is 1. The van der Waals surface area contributed by atoms with Gasteiger partial charge in [-0.3, -0.25) is 14.3 Å². The molecule has 8 nitrogen and oxygen atoms in total. The molecule has 0 unspecified atom stereocenters. The van der Waals surface area contributed by atoms with Crippen LogP contribution in [0.1, 0.15) is 20.9 Å². The smallest absolute Gasteiger partial charge is 0.287 e. The van der Waals surface area contributed by atoms with E-state index in [0.29, 0.717) is 32.9 Å². The maximum absolute atomic E-state index is 14.8. The van der Waals surface area contributed by atoms with Gasteiger partial charge in [0.1, 0.15) is 17.3 Å². The molecule has 0 spiro atoms. The van der Waals surface area contributed by atoms with Gasteiger partial charge in [-0.1, -0.05) is 0 Å². The third-order valence-electron chi connectivity index (χ3n) is 5.81. The van der Waals surface area contributed by atoms with Crippen molar-refractivity contribution in [2.24, 2.45) is 7.05 Å². The number of nitrogens with one attached hydrogen (secondary N) is 3. The van der Waals surface area contributed by atoms with Crippen LogP contribution in [-0.2, 0) is 7.05 Å². The van der Waals surface area contributed by atoms with Gasteiger partial charge in [0, 0.05) is 29.1 Å². The lowest BCUT2D eigenvalue weighted by atomic mass is 10.0. The Balaban J connectivity index is 1.47. The molecule has 5 rings (SSSR count). The summed E-state index contributed by atoms with van der Waals surface area (Å²) in [6.45, 7) is 3.53. The molecule has 5 aromatic rings. The predicted molar refractivity (Wildman–Crippen MR) is 136 cm³/mol. The molecule has 0 saturated heterocycles. The van der Waals surface area contributed by atoms with E-state index in [9.17, 15) is 18.4 Å². The molecule has 0 atom stereocenters. The van der Waals surface area contributed by atoms with E-state index in [1.54, 1.807) is 36.9 Å². The second kappa shape index (κ2) is 9.00. The molecule has 3 aromatic heterocycles. The summed E-state index contributed by atoms with van der Waals surface area (Å²) >= 11 is 1.18. The Morgan fingerprint density at radius 1 is 1.08 bits per heavy atom. The average molecular weight is 507 g/mol. The van der Waals surface area contributed by atoms with Gasteiger partial charge in [0.15, 0.2) is 5.82 Å². The van der Waals surface area contributed by atoms with Gasteiger partial charge in [-0.05, 0) is 67.3 Å². The molecule has 0 saturated carbocycles. The SMILES string of the molecule is Cc1c(-c2cc(Nc3cc(C)n(C)n3)c(=O)[nH]n2)ccc(F)c1NC(=O)c1cc2cc(F)ccc2s1. The lowest BCUT2D eigenvalue weighted by molar-refractivity contribution is 0.103. The predicted octanol–water partition coefficient (Wildman–Crippen LogP) is 5.28. The number of halogens is 2. The number of aryl methyl sites for hydroxylation is 2. The largest absolute Gasteiger partial charge is 0.334 e. The van der Waals surface area contributed by atoms with Crippen LogP contribution in [0, 0.1) is 25.5 Å². The first-order valence-electron chi connectivity index (χ1n) is 10.9. The fourth-order valence-corrected chi connectivity index (χ4v) is 4.75. The number of rotatable bonds is 5. The van der Waals surface area contributed by atoms with Crippen LogP contribution in [0.3, 0.4) is 0 Å². The quantitative estimate of drug-likeness (QED) is 0.301. The number of amides is 1. The zero-order valence-corrected chi connectivity index (χ0v) is 20.3. The Bertz CT molecular complexity index is 1690. The first kappa shape index (κ1) is 23.4. The molecule has 0 aliphatic carbocycles. The molecule has 2 aromatic carbocycles. The van der Waals surface area contributed by atoms with Crippen molar-refractivity contribution in [3.8, 4) is 11.3 Å². The summed E-state index contributed by atoms with van der Waals surface area (Å²) in [6.07, 6.45) is 0. The van der Waals surface area contributed by atoms with Crippen molar-refractivity contribution in [2.75, 3.05) is 10.6 Å². The van der Waals surface area contributed by atoms with Gasteiger partial charge in [0.05, 0.1) is 16.3 Å². The summed E-state index contributed by atoms with van der Waals surface area (Å²) in [4.78, 5) is 25.6. The number of anilines is 3. The van der Waals surface area contributed by atoms with Crippen molar-refractivity contribution in [1.82, 2.24) is 20.0 Å². The first-order valence-corrected chi connectivity index (χ1v) is 11.7. The number of H-pyrrole nitrogens is 1. The van der Waals surface area contributed by atoms with Crippen LogP contribution in [0.5, 0.6) is 0 Å². The zero-order valence-electron chi connectivity index (χ0n) is 19.4. The minimum Gasteiger partial charge on any atom is -0.334 e. The van der Waals surface area contributed by atoms with Crippen LogP contribution in [0.15, 0.2) is 53.3 Å². The van der Waals surface area contributed by atoms with Gasteiger partial charge >= 0.3 is 0 Å². The molecule has 0 aliphatic heterocycles. The Labute approximate surface area is 207 Å². The second-order valence-corrected chi connectivity index (χ2v) is 9.34. The van der Waals surface area contributed by atoms with Gasteiger partial charge in [0.25, 0.3) is 11.5 Å². The highest BCUT2D eigenvalue weighted by Gasteiger charge is 2.18.